The molecule has 0 aromatic carbocycles. The average molecular weight is 1220 g/mol. The molecule has 0 aromatic heterocycles. The second-order valence-electron chi connectivity index (χ2n) is 21.8. The summed E-state index contributed by atoms with van der Waals surface area (Å²) in [4.78, 5) is 15.7. The van der Waals surface area contributed by atoms with Gasteiger partial charge in [-0.15, -0.1) is 0 Å². The Morgan fingerprint density at radius 3 is 1.05 bits per heavy atom. The summed E-state index contributed by atoms with van der Waals surface area (Å²) in [5.74, 6) is -2.22. The lowest BCUT2D eigenvalue weighted by Crippen LogP contribution is -2.67. The largest absolute Gasteiger partial charge is 0.394 e. The van der Waals surface area contributed by atoms with Gasteiger partial charge in [0.2, 0.25) is 0 Å². The van der Waals surface area contributed by atoms with E-state index >= 15 is 0 Å². The number of aliphatic imine (C=N–C) groups is 4. The van der Waals surface area contributed by atoms with E-state index in [9.17, 15) is 71.5 Å². The Kier molecular flexibility index (Phi) is 24.2. The molecule has 4 saturated heterocycles. The molecule has 34 N–H and O–H groups in total. The van der Waals surface area contributed by atoms with Crippen LogP contribution in [0.25, 0.3) is 0 Å². The maximum atomic E-state index is 12.6. The Bertz CT molecular complexity index is 2070. The lowest BCUT2D eigenvalue weighted by atomic mass is 9.81. The molecule has 4 aliphatic heterocycles. The maximum absolute atomic E-state index is 12.6. The lowest BCUT2D eigenvalue weighted by molar-refractivity contribution is -0.316. The summed E-state index contributed by atoms with van der Waals surface area (Å²) >= 11 is 0. The van der Waals surface area contributed by atoms with Gasteiger partial charge in [0.25, 0.3) is 0 Å². The minimum Gasteiger partial charge on any atom is -0.394 e. The van der Waals surface area contributed by atoms with Crippen molar-refractivity contribution in [2.24, 2.45) is 65.8 Å². The molecule has 0 radical (unpaired) electrons. The summed E-state index contributed by atoms with van der Waals surface area (Å²) in [6.45, 7) is 1.21. The Hall–Kier alpha value is -3.96. The molecule has 2 aliphatic carbocycles. The van der Waals surface area contributed by atoms with Crippen molar-refractivity contribution in [3.63, 3.8) is 0 Å². The van der Waals surface area contributed by atoms with Crippen LogP contribution >= 0.6 is 0 Å². The molecule has 6 aliphatic rings. The predicted molar refractivity (Wildman–Crippen MR) is 289 cm³/mol. The van der Waals surface area contributed by atoms with E-state index < -0.39 is 220 Å². The zero-order valence-corrected chi connectivity index (χ0v) is 46.8. The van der Waals surface area contributed by atoms with Crippen molar-refractivity contribution >= 4 is 23.8 Å². The zero-order valence-electron chi connectivity index (χ0n) is 46.8. The number of nitrogens with zero attached hydrogens (tertiary/aromatic N) is 4. The molecule has 0 bridgehead atoms. The van der Waals surface area contributed by atoms with Crippen LogP contribution in [0.3, 0.4) is 0 Å². The highest BCUT2D eigenvalue weighted by molar-refractivity contribution is 5.77. The van der Waals surface area contributed by atoms with Crippen LogP contribution in [0.2, 0.25) is 0 Å². The van der Waals surface area contributed by atoms with Gasteiger partial charge in [0, 0.05) is 13.1 Å². The maximum Gasteiger partial charge on any atom is 0.187 e. The van der Waals surface area contributed by atoms with Crippen LogP contribution in [0.4, 0.5) is 0 Å². The summed E-state index contributed by atoms with van der Waals surface area (Å²) in [6.07, 6.45) is -34.9. The van der Waals surface area contributed by atoms with Gasteiger partial charge in [-0.05, 0) is 53.9 Å². The third kappa shape index (κ3) is 14.8. The number of ether oxygens (including phenoxy) is 8. The SMILES string of the molecule is CNC1[C@H](OC2[C@H](O[C@@H]3C(O)[C@@H](O)C(N=C(N)N)C(O)[C@@H]3N=C(N)N)O[C@@H](C)[C@@]2(O)CNCCCCNCC2(O)[C@H](C)O[C@@H](O[C@@H]3C(O)[C@@H](O)C(N=C(N)N)C(O)[C@@H]3N=C(N)N)[C@H]2O[C@@H]2OC(CO)[C@H](O)[C@H](O)C2NC)OC(CO)[C@H](O)[C@@H]1O. The van der Waals surface area contributed by atoms with Crippen molar-refractivity contribution in [3.8, 4) is 0 Å². The van der Waals surface area contributed by atoms with Crippen LogP contribution in [-0.2, 0) is 37.9 Å². The van der Waals surface area contributed by atoms with E-state index in [0.29, 0.717) is 12.8 Å². The fourth-order valence-corrected chi connectivity index (χ4v) is 11.5. The first-order valence-electron chi connectivity index (χ1n) is 27.3. The van der Waals surface area contributed by atoms with E-state index in [4.69, 9.17) is 83.8 Å². The summed E-state index contributed by atoms with van der Waals surface area (Å²) in [5.41, 5.74) is 40.8. The van der Waals surface area contributed by atoms with Crippen LogP contribution in [0.1, 0.15) is 26.7 Å². The third-order valence-corrected chi connectivity index (χ3v) is 16.2. The molecule has 12 unspecified atom stereocenters. The Labute approximate surface area is 482 Å². The Morgan fingerprint density at radius 2 is 0.750 bits per heavy atom. The molecule has 6 fully saturated rings. The molecule has 0 amide bonds. The van der Waals surface area contributed by atoms with Gasteiger partial charge in [-0.1, -0.05) is 0 Å². The lowest BCUT2D eigenvalue weighted by Gasteiger charge is -2.46. The molecule has 38 nitrogen and oxygen atoms in total. The van der Waals surface area contributed by atoms with E-state index in [-0.39, 0.29) is 26.2 Å². The van der Waals surface area contributed by atoms with E-state index in [0.717, 1.165) is 0 Å². The Morgan fingerprint density at radius 1 is 0.429 bits per heavy atom. The van der Waals surface area contributed by atoms with Crippen LogP contribution in [-0.4, -0.2) is 331 Å². The summed E-state index contributed by atoms with van der Waals surface area (Å²) in [5, 5.41) is 168. The number of likely N-dealkylation sites (N-methyl/N-ethyl adjacent to an activating group) is 2. The summed E-state index contributed by atoms with van der Waals surface area (Å²) in [7, 11) is 2.86. The summed E-state index contributed by atoms with van der Waals surface area (Å²) in [6, 6.07) is -8.59. The predicted octanol–water partition coefficient (Wildman–Crippen LogP) is -15.7. The number of guanidine groups is 4. The molecule has 2 saturated carbocycles. The molecule has 0 aromatic rings. The standard InChI is InChI=1S/C46H90N16O22/c1-13-45(75,35(83-37-21(55-3)29(71)23(65)15(9-63)79-37)39(77-13)81-33-19(61-43(51)52)25(67)17(59-41(47)48)27(69)31(33)73)11-57-7-5-6-8-58-12-46(76)14(2)78-40(36(46)84-38-22(56-4)30(72)24(66)16(10-64)80-38)82-34-20(62-44(53)54)26(68)18(60-42(49)50)28(70)32(34)74/h13-40,55-58,63-76H,5-12H2,1-4H3,(H4,47,48,59)(H4,49,50,60)(H4,51,52,61)(H4,53,54,62)/t13-,14-,15?,16?,17?,18?,19-,20-,21?,22?,23-,24-,25?,26?,27-,28-,29+,30+,31?,32?,33-,34-,35+,36?,37-,38-,39-,40-,45?,46-/m0/s1. The van der Waals surface area contributed by atoms with Crippen LogP contribution in [0.5, 0.6) is 0 Å². The number of nitrogens with two attached hydrogens (primary N) is 8. The van der Waals surface area contributed by atoms with Gasteiger partial charge in [0.15, 0.2) is 49.0 Å². The van der Waals surface area contributed by atoms with Crippen LogP contribution in [0.15, 0.2) is 20.0 Å². The summed E-state index contributed by atoms with van der Waals surface area (Å²) < 4.78 is 49.2. The van der Waals surface area contributed by atoms with Gasteiger partial charge in [-0.25, -0.2) is 20.0 Å². The fraction of sp³-hybridized carbons (Fsp3) is 0.913. The topological polar surface area (TPSA) is 663 Å². The van der Waals surface area contributed by atoms with Gasteiger partial charge in [0.05, 0.1) is 37.5 Å². The average Bonchev–Trinajstić information content (AvgIpc) is 2.35. The molecule has 30 atom stereocenters. The van der Waals surface area contributed by atoms with Crippen molar-refractivity contribution in [2.75, 3.05) is 53.5 Å². The monoisotopic (exact) mass is 1220 g/mol. The molecular formula is C46H90N16O22. The van der Waals surface area contributed by atoms with Gasteiger partial charge in [0.1, 0.15) is 133 Å². The molecule has 0 spiro atoms. The van der Waals surface area contributed by atoms with Gasteiger partial charge in [-0.3, -0.25) is 0 Å². The van der Waals surface area contributed by atoms with Crippen molar-refractivity contribution in [1.82, 2.24) is 21.3 Å². The number of rotatable bonds is 25. The van der Waals surface area contributed by atoms with Crippen molar-refractivity contribution in [3.05, 3.63) is 0 Å². The first kappa shape index (κ1) is 69.1. The number of hydrogen-bond donors (Lipinski definition) is 26. The number of nitrogens with one attached hydrogen (secondary N) is 4. The molecule has 84 heavy (non-hydrogen) atoms. The van der Waals surface area contributed by atoms with Crippen molar-refractivity contribution in [1.29, 1.82) is 0 Å². The van der Waals surface area contributed by atoms with E-state index in [1.807, 2.05) is 0 Å². The van der Waals surface area contributed by atoms with Gasteiger partial charge in [-0.2, -0.15) is 0 Å². The van der Waals surface area contributed by atoms with Crippen LogP contribution in [0, 0.1) is 0 Å². The van der Waals surface area contributed by atoms with E-state index in [2.05, 4.69) is 41.2 Å². The van der Waals surface area contributed by atoms with Crippen molar-refractivity contribution in [2.45, 2.75) is 209 Å². The number of aliphatic hydroxyl groups excluding tert-OH is 12. The second kappa shape index (κ2) is 29.4. The third-order valence-electron chi connectivity index (χ3n) is 16.2. The van der Waals surface area contributed by atoms with E-state index in [1.54, 1.807) is 0 Å². The Balaban J connectivity index is 1.18. The van der Waals surface area contributed by atoms with Crippen molar-refractivity contribution < 1.29 is 109 Å². The van der Waals surface area contributed by atoms with Gasteiger partial charge < -0.3 is 177 Å². The van der Waals surface area contributed by atoms with Gasteiger partial charge >= 0.3 is 0 Å². The highest BCUT2D eigenvalue weighted by atomic mass is 16.8. The minimum atomic E-state index is -2.08. The quantitative estimate of drug-likeness (QED) is 0.0229. The molecule has 38 heteroatoms. The molecule has 486 valence electrons. The molecule has 6 rings (SSSR count). The highest BCUT2D eigenvalue weighted by Crippen LogP contribution is 2.42. The normalized spacial score (nSPS) is 46.1. The second-order valence-corrected chi connectivity index (χ2v) is 21.8. The first-order valence-corrected chi connectivity index (χ1v) is 27.3. The molecule has 4 heterocycles. The first-order chi connectivity index (χ1) is 39.5. The number of aliphatic hydroxyl groups is 14. The highest BCUT2D eigenvalue weighted by Gasteiger charge is 2.63. The van der Waals surface area contributed by atoms with E-state index in [1.165, 1.54) is 27.9 Å². The smallest absolute Gasteiger partial charge is 0.187 e. The zero-order chi connectivity index (χ0) is 62.4. The fourth-order valence-electron chi connectivity index (χ4n) is 11.5. The number of hydrogen-bond acceptors (Lipinski definition) is 30. The number of unbranched alkanes of at least 4 members (excludes halogenated alkanes) is 1. The van der Waals surface area contributed by atoms with Crippen LogP contribution < -0.4 is 67.1 Å². The molecular weight excluding hydrogens is 1130 g/mol. The minimum absolute atomic E-state index is 0.197.